The molecule has 5 nitrogen and oxygen atoms in total. The zero-order valence-electron chi connectivity index (χ0n) is 20.9. The number of hydrogen-bond acceptors (Lipinski definition) is 5. The third-order valence-corrected chi connectivity index (χ3v) is 9.10. The number of halogens is 4. The second kappa shape index (κ2) is 13.3. The fourth-order valence-corrected chi connectivity index (χ4v) is 6.44. The predicted octanol–water partition coefficient (Wildman–Crippen LogP) is 10.1. The minimum Gasteiger partial charge on any atom is -0.322 e. The number of hydrogen-bond donors (Lipinski definition) is 2. The molecule has 0 bridgehead atoms. The van der Waals surface area contributed by atoms with Crippen molar-refractivity contribution in [3.8, 4) is 11.3 Å². The molecule has 1 unspecified atom stereocenters. The quantitative estimate of drug-likeness (QED) is 0.163. The van der Waals surface area contributed by atoms with E-state index in [0.717, 1.165) is 16.0 Å². The van der Waals surface area contributed by atoms with Gasteiger partial charge in [-0.15, -0.1) is 23.1 Å². The van der Waals surface area contributed by atoms with Crippen molar-refractivity contribution < 1.29 is 9.59 Å². The maximum absolute atomic E-state index is 13.6. The zero-order valence-corrected chi connectivity index (χ0v) is 25.6. The highest BCUT2D eigenvalue weighted by Crippen LogP contribution is 2.38. The minimum atomic E-state index is -0.592. The number of amides is 2. The van der Waals surface area contributed by atoms with Crippen LogP contribution in [0.5, 0.6) is 0 Å². The van der Waals surface area contributed by atoms with Gasteiger partial charge in [0.25, 0.3) is 5.91 Å². The van der Waals surface area contributed by atoms with Gasteiger partial charge >= 0.3 is 0 Å². The number of carbonyl (C=O) groups is 2. The highest BCUT2D eigenvalue weighted by Gasteiger charge is 2.24. The van der Waals surface area contributed by atoms with Crippen LogP contribution in [0.2, 0.25) is 20.1 Å². The molecule has 0 saturated heterocycles. The summed E-state index contributed by atoms with van der Waals surface area (Å²) in [6, 6.07) is 26.7. The minimum absolute atomic E-state index is 0.237. The molecule has 1 aromatic heterocycles. The largest absolute Gasteiger partial charge is 0.322 e. The van der Waals surface area contributed by atoms with E-state index in [1.54, 1.807) is 36.4 Å². The number of nitrogens with one attached hydrogen (secondary N) is 2. The van der Waals surface area contributed by atoms with Crippen LogP contribution in [-0.2, 0) is 4.79 Å². The van der Waals surface area contributed by atoms with E-state index in [2.05, 4.69) is 15.6 Å². The molecule has 0 aliphatic heterocycles. The molecule has 11 heteroatoms. The van der Waals surface area contributed by atoms with Gasteiger partial charge in [-0.25, -0.2) is 4.98 Å². The van der Waals surface area contributed by atoms with Crippen molar-refractivity contribution in [2.45, 2.75) is 10.1 Å². The Morgan fingerprint density at radius 1 is 0.780 bits per heavy atom. The van der Waals surface area contributed by atoms with E-state index in [-0.39, 0.29) is 16.8 Å². The second-order valence-corrected chi connectivity index (χ2v) is 12.4. The summed E-state index contributed by atoms with van der Waals surface area (Å²) in [6.45, 7) is 0. The maximum atomic E-state index is 13.6. The van der Waals surface area contributed by atoms with Gasteiger partial charge in [-0.2, -0.15) is 0 Å². The number of anilines is 2. The standard InChI is InChI=1S/C30H19Cl4N3O2S2/c31-19-10-11-22(24(33)14-19)28(38)35-20-7-4-8-21(15-20)41-27(17-5-2-1-3-6-17)29(39)37-30-36-26(16-40-30)18-9-12-23(32)25(34)13-18/h1-16,27H,(H,35,38)(H,36,37,39). The van der Waals surface area contributed by atoms with Crippen LogP contribution in [0, 0.1) is 0 Å². The monoisotopic (exact) mass is 657 g/mol. The number of rotatable bonds is 8. The molecule has 5 aromatic rings. The fraction of sp³-hybridized carbons (Fsp3) is 0.0333. The molecule has 5 rings (SSSR count). The Hall–Kier alpha value is -3.04. The van der Waals surface area contributed by atoms with Crippen LogP contribution in [-0.4, -0.2) is 16.8 Å². The average molecular weight is 659 g/mol. The van der Waals surface area contributed by atoms with Crippen LogP contribution in [0.1, 0.15) is 21.2 Å². The van der Waals surface area contributed by atoms with E-state index in [4.69, 9.17) is 46.4 Å². The molecule has 2 amide bonds. The van der Waals surface area contributed by atoms with Gasteiger partial charge in [0.2, 0.25) is 5.91 Å². The van der Waals surface area contributed by atoms with Crippen molar-refractivity contribution >= 4 is 92.1 Å². The molecular weight excluding hydrogens is 640 g/mol. The van der Waals surface area contributed by atoms with E-state index in [1.807, 2.05) is 53.9 Å². The summed E-state index contributed by atoms with van der Waals surface area (Å²) in [5, 5.41) is 9.11. The van der Waals surface area contributed by atoms with Gasteiger partial charge in [-0.1, -0.05) is 88.9 Å². The van der Waals surface area contributed by atoms with Gasteiger partial charge in [-0.3, -0.25) is 9.59 Å². The summed E-state index contributed by atoms with van der Waals surface area (Å²) in [4.78, 5) is 31.8. The molecular formula is C30H19Cl4N3O2S2. The van der Waals surface area contributed by atoms with E-state index < -0.39 is 5.25 Å². The molecule has 0 aliphatic rings. The SMILES string of the molecule is O=C(Nc1cccc(SC(C(=O)Nc2nc(-c3ccc(Cl)c(Cl)c3)cs2)c2ccccc2)c1)c1ccc(Cl)cc1Cl. The van der Waals surface area contributed by atoms with Crippen molar-refractivity contribution in [3.05, 3.63) is 128 Å². The summed E-state index contributed by atoms with van der Waals surface area (Å²) in [7, 11) is 0. The number of aromatic nitrogens is 1. The van der Waals surface area contributed by atoms with Crippen molar-refractivity contribution in [3.63, 3.8) is 0 Å². The van der Waals surface area contributed by atoms with Gasteiger partial charge in [-0.05, 0) is 54.1 Å². The van der Waals surface area contributed by atoms with Crippen LogP contribution in [0.25, 0.3) is 11.3 Å². The summed E-state index contributed by atoms with van der Waals surface area (Å²) < 4.78 is 0. The summed E-state index contributed by atoms with van der Waals surface area (Å²) in [5.41, 5.74) is 3.16. The van der Waals surface area contributed by atoms with E-state index in [9.17, 15) is 9.59 Å². The Morgan fingerprint density at radius 2 is 1.59 bits per heavy atom. The Morgan fingerprint density at radius 3 is 2.34 bits per heavy atom. The lowest BCUT2D eigenvalue weighted by Gasteiger charge is -2.17. The average Bonchev–Trinajstić information content (AvgIpc) is 3.42. The molecule has 0 spiro atoms. The lowest BCUT2D eigenvalue weighted by Crippen LogP contribution is -2.19. The maximum Gasteiger partial charge on any atom is 0.257 e. The van der Waals surface area contributed by atoms with Crippen LogP contribution in [0.3, 0.4) is 0 Å². The first kappa shape index (κ1) is 29.5. The first-order valence-electron chi connectivity index (χ1n) is 12.1. The van der Waals surface area contributed by atoms with Crippen molar-refractivity contribution in [2.75, 3.05) is 10.6 Å². The Labute approximate surface area is 264 Å². The number of thiazole rings is 1. The molecule has 41 heavy (non-hydrogen) atoms. The first-order valence-corrected chi connectivity index (χ1v) is 15.3. The number of nitrogens with zero attached hydrogens (tertiary/aromatic N) is 1. The highest BCUT2D eigenvalue weighted by molar-refractivity contribution is 8.00. The smallest absolute Gasteiger partial charge is 0.257 e. The predicted molar refractivity (Wildman–Crippen MR) is 172 cm³/mol. The third-order valence-electron chi connectivity index (χ3n) is 5.81. The first-order chi connectivity index (χ1) is 19.8. The van der Waals surface area contributed by atoms with Gasteiger partial charge in [0.15, 0.2) is 5.13 Å². The Balaban J connectivity index is 1.34. The Bertz CT molecular complexity index is 1730. The molecule has 2 N–H and O–H groups in total. The Kier molecular flexibility index (Phi) is 9.55. The topological polar surface area (TPSA) is 71.1 Å². The van der Waals surface area contributed by atoms with Gasteiger partial charge in [0.1, 0.15) is 5.25 Å². The molecule has 4 aromatic carbocycles. The van der Waals surface area contributed by atoms with Crippen LogP contribution in [0.15, 0.2) is 101 Å². The van der Waals surface area contributed by atoms with Gasteiger partial charge < -0.3 is 10.6 Å². The molecule has 0 aliphatic carbocycles. The van der Waals surface area contributed by atoms with Crippen LogP contribution < -0.4 is 10.6 Å². The summed E-state index contributed by atoms with van der Waals surface area (Å²) in [5.74, 6) is -0.605. The van der Waals surface area contributed by atoms with Crippen LogP contribution in [0.4, 0.5) is 10.8 Å². The van der Waals surface area contributed by atoms with Crippen molar-refractivity contribution in [1.82, 2.24) is 4.98 Å². The normalized spacial score (nSPS) is 11.6. The van der Waals surface area contributed by atoms with E-state index in [1.165, 1.54) is 29.2 Å². The molecule has 0 fully saturated rings. The van der Waals surface area contributed by atoms with Crippen LogP contribution >= 0.6 is 69.5 Å². The number of thioether (sulfide) groups is 1. The molecule has 0 saturated carbocycles. The molecule has 0 radical (unpaired) electrons. The molecule has 1 heterocycles. The second-order valence-electron chi connectivity index (χ2n) is 8.67. The van der Waals surface area contributed by atoms with E-state index >= 15 is 0 Å². The summed E-state index contributed by atoms with van der Waals surface area (Å²) in [6.07, 6.45) is 0. The lowest BCUT2D eigenvalue weighted by molar-refractivity contribution is -0.115. The number of carbonyl (C=O) groups excluding carboxylic acids is 2. The van der Waals surface area contributed by atoms with Crippen molar-refractivity contribution in [2.24, 2.45) is 0 Å². The molecule has 1 atom stereocenters. The van der Waals surface area contributed by atoms with Crippen molar-refractivity contribution in [1.29, 1.82) is 0 Å². The van der Waals surface area contributed by atoms with Gasteiger partial charge in [0.05, 0.1) is 26.3 Å². The zero-order chi connectivity index (χ0) is 28.9. The van der Waals surface area contributed by atoms with Gasteiger partial charge in [0, 0.05) is 26.5 Å². The lowest BCUT2D eigenvalue weighted by atomic mass is 10.1. The van der Waals surface area contributed by atoms with E-state index in [0.29, 0.717) is 37.1 Å². The summed E-state index contributed by atoms with van der Waals surface area (Å²) >= 11 is 27.0. The fourth-order valence-electron chi connectivity index (χ4n) is 3.85. The third kappa shape index (κ3) is 7.43. The molecule has 206 valence electrons. The highest BCUT2D eigenvalue weighted by atomic mass is 35.5. The number of benzene rings is 4.